The lowest BCUT2D eigenvalue weighted by Gasteiger charge is -2.31. The third-order valence-electron chi connectivity index (χ3n) is 6.07. The van der Waals surface area contributed by atoms with Crippen LogP contribution < -0.4 is 4.90 Å². The van der Waals surface area contributed by atoms with Gasteiger partial charge in [0.25, 0.3) is 0 Å². The molecule has 4 rings (SSSR count). The summed E-state index contributed by atoms with van der Waals surface area (Å²) in [7, 11) is 0. The lowest BCUT2D eigenvalue weighted by Crippen LogP contribution is -2.43. The zero-order valence-corrected chi connectivity index (χ0v) is 18.6. The molecule has 0 radical (unpaired) electrons. The van der Waals surface area contributed by atoms with Crippen molar-refractivity contribution in [1.82, 2.24) is 19.9 Å². The predicted molar refractivity (Wildman–Crippen MR) is 118 cm³/mol. The molecule has 1 atom stereocenters. The van der Waals surface area contributed by atoms with Crippen LogP contribution in [0.25, 0.3) is 0 Å². The molecule has 1 fully saturated rings. The Morgan fingerprint density at radius 3 is 2.81 bits per heavy atom. The van der Waals surface area contributed by atoms with Crippen molar-refractivity contribution in [3.8, 4) is 0 Å². The fourth-order valence-electron chi connectivity index (χ4n) is 4.42. The summed E-state index contributed by atoms with van der Waals surface area (Å²) < 4.78 is 11.0. The van der Waals surface area contributed by atoms with Gasteiger partial charge in [0.05, 0.1) is 13.1 Å². The number of aromatic nitrogens is 2. The molecule has 1 aromatic carbocycles. The van der Waals surface area contributed by atoms with Gasteiger partial charge in [-0.3, -0.25) is 14.6 Å². The van der Waals surface area contributed by atoms with Gasteiger partial charge in [-0.2, -0.15) is 4.98 Å². The SMILES string of the molecule is CCO[C@@H](C)c1noc(CN2CCCN(CC(=O)N3CCCc4ccccc43)CC2)n1. The summed E-state index contributed by atoms with van der Waals surface area (Å²) in [5.74, 6) is 1.42. The van der Waals surface area contributed by atoms with Gasteiger partial charge in [0.2, 0.25) is 11.8 Å². The number of hydrogen-bond donors (Lipinski definition) is 0. The van der Waals surface area contributed by atoms with E-state index in [0.29, 0.717) is 31.4 Å². The molecule has 2 aliphatic heterocycles. The molecule has 1 amide bonds. The molecule has 0 bridgehead atoms. The summed E-state index contributed by atoms with van der Waals surface area (Å²) in [6, 6.07) is 8.28. The van der Waals surface area contributed by atoms with Crippen LogP contribution in [0, 0.1) is 0 Å². The van der Waals surface area contributed by atoms with Gasteiger partial charge >= 0.3 is 0 Å². The van der Waals surface area contributed by atoms with E-state index in [0.717, 1.165) is 57.7 Å². The average molecular weight is 428 g/mol. The number of hydrogen-bond acceptors (Lipinski definition) is 7. The van der Waals surface area contributed by atoms with E-state index in [1.165, 1.54) is 5.56 Å². The smallest absolute Gasteiger partial charge is 0.241 e. The fraction of sp³-hybridized carbons (Fsp3) is 0.609. The Kier molecular flexibility index (Phi) is 7.32. The lowest BCUT2D eigenvalue weighted by atomic mass is 10.0. The summed E-state index contributed by atoms with van der Waals surface area (Å²) in [6.07, 6.45) is 2.94. The molecular formula is C23H33N5O3. The second kappa shape index (κ2) is 10.3. The van der Waals surface area contributed by atoms with E-state index in [1.807, 2.05) is 24.8 Å². The first-order valence-corrected chi connectivity index (χ1v) is 11.4. The number of anilines is 1. The van der Waals surface area contributed by atoms with E-state index in [1.54, 1.807) is 0 Å². The van der Waals surface area contributed by atoms with Crippen LogP contribution in [0.15, 0.2) is 28.8 Å². The minimum atomic E-state index is -0.159. The van der Waals surface area contributed by atoms with Gasteiger partial charge in [-0.05, 0) is 57.8 Å². The van der Waals surface area contributed by atoms with Crippen LogP contribution in [0.3, 0.4) is 0 Å². The van der Waals surface area contributed by atoms with Crippen LogP contribution in [0.4, 0.5) is 5.69 Å². The number of rotatable bonds is 7. The number of ether oxygens (including phenoxy) is 1. The van der Waals surface area contributed by atoms with Crippen molar-refractivity contribution in [3.05, 3.63) is 41.5 Å². The first kappa shape index (κ1) is 21.9. The molecule has 2 aromatic rings. The molecular weight excluding hydrogens is 394 g/mol. The molecule has 0 spiro atoms. The van der Waals surface area contributed by atoms with E-state index < -0.39 is 0 Å². The van der Waals surface area contributed by atoms with Crippen molar-refractivity contribution >= 4 is 11.6 Å². The normalized spacial score (nSPS) is 19.1. The summed E-state index contributed by atoms with van der Waals surface area (Å²) in [5.41, 5.74) is 2.37. The number of carbonyl (C=O) groups excluding carboxylic acids is 1. The monoisotopic (exact) mass is 427 g/mol. The van der Waals surface area contributed by atoms with Gasteiger partial charge in [0, 0.05) is 31.9 Å². The Morgan fingerprint density at radius 2 is 1.94 bits per heavy atom. The van der Waals surface area contributed by atoms with E-state index in [9.17, 15) is 4.79 Å². The van der Waals surface area contributed by atoms with Gasteiger partial charge in [0.1, 0.15) is 6.10 Å². The molecule has 3 heterocycles. The molecule has 1 aromatic heterocycles. The number of benzene rings is 1. The number of carbonyl (C=O) groups is 1. The molecule has 8 nitrogen and oxygen atoms in total. The van der Waals surface area contributed by atoms with Crippen molar-refractivity contribution in [2.45, 2.75) is 45.8 Å². The molecule has 0 aliphatic carbocycles. The van der Waals surface area contributed by atoms with Crippen molar-refractivity contribution in [2.75, 3.05) is 50.8 Å². The van der Waals surface area contributed by atoms with Crippen LogP contribution in [-0.2, 0) is 22.5 Å². The first-order chi connectivity index (χ1) is 15.1. The van der Waals surface area contributed by atoms with Crippen molar-refractivity contribution < 1.29 is 14.1 Å². The highest BCUT2D eigenvalue weighted by Crippen LogP contribution is 2.27. The molecule has 168 valence electrons. The summed E-state index contributed by atoms with van der Waals surface area (Å²) in [6.45, 7) is 10.0. The van der Waals surface area contributed by atoms with Gasteiger partial charge in [-0.1, -0.05) is 23.4 Å². The fourth-order valence-corrected chi connectivity index (χ4v) is 4.42. The number of para-hydroxylation sites is 1. The Labute approximate surface area is 184 Å². The quantitative estimate of drug-likeness (QED) is 0.672. The standard InChI is InChI=1S/C23H33N5O3/c1-3-30-18(2)23-24-21(31-25-23)16-26-11-7-12-27(15-14-26)17-22(29)28-13-6-9-19-8-4-5-10-20(19)28/h4-5,8,10,18H,3,6-7,9,11-17H2,1-2H3/t18-/m0/s1. The maximum Gasteiger partial charge on any atom is 0.241 e. The van der Waals surface area contributed by atoms with Crippen LogP contribution in [-0.4, -0.2) is 71.7 Å². The lowest BCUT2D eigenvalue weighted by molar-refractivity contribution is -0.119. The average Bonchev–Trinajstić information content (AvgIpc) is 3.14. The number of nitrogens with zero attached hydrogens (tertiary/aromatic N) is 5. The zero-order valence-electron chi connectivity index (χ0n) is 18.6. The minimum Gasteiger partial charge on any atom is -0.371 e. The maximum atomic E-state index is 13.1. The van der Waals surface area contributed by atoms with E-state index in [2.05, 4.69) is 38.1 Å². The van der Waals surface area contributed by atoms with E-state index >= 15 is 0 Å². The van der Waals surface area contributed by atoms with Gasteiger partial charge in [-0.15, -0.1) is 0 Å². The largest absolute Gasteiger partial charge is 0.371 e. The molecule has 0 saturated carbocycles. The van der Waals surface area contributed by atoms with Crippen LogP contribution in [0.1, 0.15) is 50.1 Å². The van der Waals surface area contributed by atoms with Gasteiger partial charge < -0.3 is 14.2 Å². The predicted octanol–water partition coefficient (Wildman–Crippen LogP) is 2.65. The number of fused-ring (bicyclic) bond motifs is 1. The second-order valence-electron chi connectivity index (χ2n) is 8.33. The number of amides is 1. The third-order valence-corrected chi connectivity index (χ3v) is 6.07. The zero-order chi connectivity index (χ0) is 21.6. The summed E-state index contributed by atoms with van der Waals surface area (Å²) >= 11 is 0. The van der Waals surface area contributed by atoms with Crippen LogP contribution in [0.5, 0.6) is 0 Å². The van der Waals surface area contributed by atoms with Gasteiger partial charge in [-0.25, -0.2) is 0 Å². The highest BCUT2D eigenvalue weighted by atomic mass is 16.5. The maximum absolute atomic E-state index is 13.1. The minimum absolute atomic E-state index is 0.159. The third kappa shape index (κ3) is 5.50. The van der Waals surface area contributed by atoms with Crippen LogP contribution >= 0.6 is 0 Å². The van der Waals surface area contributed by atoms with E-state index in [-0.39, 0.29) is 12.0 Å². The molecule has 2 aliphatic rings. The number of aryl methyl sites for hydroxylation is 1. The Balaban J connectivity index is 1.29. The highest BCUT2D eigenvalue weighted by molar-refractivity contribution is 5.95. The summed E-state index contributed by atoms with van der Waals surface area (Å²) in [5, 5.41) is 4.05. The molecule has 1 saturated heterocycles. The molecule has 31 heavy (non-hydrogen) atoms. The molecule has 0 N–H and O–H groups in total. The molecule has 8 heteroatoms. The Hall–Kier alpha value is -2.29. The van der Waals surface area contributed by atoms with Crippen molar-refractivity contribution in [1.29, 1.82) is 0 Å². The first-order valence-electron chi connectivity index (χ1n) is 11.4. The van der Waals surface area contributed by atoms with E-state index in [4.69, 9.17) is 9.26 Å². The van der Waals surface area contributed by atoms with Crippen LogP contribution in [0.2, 0.25) is 0 Å². The molecule has 0 unspecified atom stereocenters. The highest BCUT2D eigenvalue weighted by Gasteiger charge is 2.25. The topological polar surface area (TPSA) is 74.9 Å². The Morgan fingerprint density at radius 1 is 1.13 bits per heavy atom. The summed E-state index contributed by atoms with van der Waals surface area (Å²) in [4.78, 5) is 24.1. The van der Waals surface area contributed by atoms with Gasteiger partial charge in [0.15, 0.2) is 5.82 Å². The van der Waals surface area contributed by atoms with Crippen molar-refractivity contribution in [3.63, 3.8) is 0 Å². The Bertz CT molecular complexity index is 870. The van der Waals surface area contributed by atoms with Crippen molar-refractivity contribution in [2.24, 2.45) is 0 Å². The second-order valence-corrected chi connectivity index (χ2v) is 8.33.